The Morgan fingerprint density at radius 1 is 1.00 bits per heavy atom. The Kier molecular flexibility index (Phi) is 5.78. The molecule has 0 fully saturated rings. The number of amides is 1. The fourth-order valence-corrected chi connectivity index (χ4v) is 2.84. The van der Waals surface area contributed by atoms with Crippen LogP contribution in [0.15, 0.2) is 60.7 Å². The number of halogens is 1. The van der Waals surface area contributed by atoms with Gasteiger partial charge in [0.25, 0.3) is 5.91 Å². The molecule has 0 atom stereocenters. The van der Waals surface area contributed by atoms with Crippen LogP contribution in [-0.2, 0) is 0 Å². The first-order valence-corrected chi connectivity index (χ1v) is 8.84. The molecule has 0 aromatic heterocycles. The topological polar surface area (TPSA) is 131 Å². The monoisotopic (exact) mass is 406 g/mol. The third-order valence-electron chi connectivity index (χ3n) is 4.46. The maximum Gasteiger partial charge on any atom is 0.255 e. The van der Waals surface area contributed by atoms with Gasteiger partial charge in [0.2, 0.25) is 0 Å². The van der Waals surface area contributed by atoms with Gasteiger partial charge in [0.05, 0.1) is 24.0 Å². The molecule has 3 aromatic rings. The van der Waals surface area contributed by atoms with Crippen LogP contribution >= 0.6 is 0 Å². The average molecular weight is 406 g/mol. The van der Waals surface area contributed by atoms with Crippen molar-refractivity contribution in [2.24, 2.45) is 5.73 Å². The van der Waals surface area contributed by atoms with Gasteiger partial charge in [-0.25, -0.2) is 4.39 Å². The summed E-state index contributed by atoms with van der Waals surface area (Å²) < 4.78 is 19.5. The van der Waals surface area contributed by atoms with Gasteiger partial charge in [-0.1, -0.05) is 12.1 Å². The van der Waals surface area contributed by atoms with Crippen LogP contribution in [0.1, 0.15) is 31.8 Å². The Hall–Kier alpha value is -4.20. The molecule has 1 amide bonds. The number of methoxy groups -OCH3 is 1. The largest absolute Gasteiger partial charge is 0.497 e. The number of nitrogen functional groups attached to an aromatic ring is 2. The zero-order chi connectivity index (χ0) is 21.8. The first-order chi connectivity index (χ1) is 14.3. The van der Waals surface area contributed by atoms with E-state index in [1.54, 1.807) is 24.3 Å². The van der Waals surface area contributed by atoms with Crippen molar-refractivity contribution < 1.29 is 18.7 Å². The molecule has 152 valence electrons. The minimum absolute atomic E-state index is 0.0336. The molecule has 0 aliphatic rings. The van der Waals surface area contributed by atoms with E-state index in [1.807, 2.05) is 0 Å². The summed E-state index contributed by atoms with van der Waals surface area (Å²) in [6, 6.07) is 14.5. The average Bonchev–Trinajstić information content (AvgIpc) is 2.74. The molecule has 0 heterocycles. The van der Waals surface area contributed by atoms with E-state index in [0.29, 0.717) is 11.3 Å². The zero-order valence-corrected chi connectivity index (χ0v) is 16.0. The molecule has 6 N–H and O–H groups in total. The highest BCUT2D eigenvalue weighted by Gasteiger charge is 2.21. The van der Waals surface area contributed by atoms with Gasteiger partial charge < -0.3 is 21.5 Å². The number of hydrogen-bond acceptors (Lipinski definition) is 5. The van der Waals surface area contributed by atoms with Crippen molar-refractivity contribution >= 4 is 28.9 Å². The zero-order valence-electron chi connectivity index (χ0n) is 16.0. The van der Waals surface area contributed by atoms with Crippen molar-refractivity contribution in [2.75, 3.05) is 18.2 Å². The first-order valence-electron chi connectivity index (χ1n) is 8.84. The van der Waals surface area contributed by atoms with Gasteiger partial charge in [0.15, 0.2) is 5.78 Å². The summed E-state index contributed by atoms with van der Waals surface area (Å²) in [5.41, 5.74) is 11.9. The Balaban J connectivity index is 1.95. The fourth-order valence-electron chi connectivity index (χ4n) is 2.84. The van der Waals surface area contributed by atoms with Crippen molar-refractivity contribution in [1.29, 1.82) is 5.41 Å². The molecule has 0 saturated carbocycles. The van der Waals surface area contributed by atoms with E-state index in [9.17, 15) is 14.0 Å². The molecule has 0 radical (unpaired) electrons. The van der Waals surface area contributed by atoms with Crippen LogP contribution in [-0.4, -0.2) is 24.6 Å². The summed E-state index contributed by atoms with van der Waals surface area (Å²) in [7, 11) is 1.51. The van der Waals surface area contributed by atoms with Crippen molar-refractivity contribution in [1.82, 2.24) is 0 Å². The molecule has 30 heavy (non-hydrogen) atoms. The first kappa shape index (κ1) is 20.5. The molecule has 3 aromatic carbocycles. The number of carbonyl (C=O) groups is 2. The second-order valence-electron chi connectivity index (χ2n) is 6.39. The Bertz CT molecular complexity index is 1140. The van der Waals surface area contributed by atoms with Crippen molar-refractivity contribution in [3.8, 4) is 5.75 Å². The van der Waals surface area contributed by atoms with E-state index in [-0.39, 0.29) is 33.9 Å². The maximum atomic E-state index is 14.5. The number of ketones is 1. The lowest BCUT2D eigenvalue weighted by molar-refractivity contribution is 0.102. The number of hydrogen-bond donors (Lipinski definition) is 4. The maximum absolute atomic E-state index is 14.5. The highest BCUT2D eigenvalue weighted by Crippen LogP contribution is 2.28. The molecule has 8 heteroatoms. The third-order valence-corrected chi connectivity index (χ3v) is 4.46. The molecule has 7 nitrogen and oxygen atoms in total. The van der Waals surface area contributed by atoms with E-state index >= 15 is 0 Å². The summed E-state index contributed by atoms with van der Waals surface area (Å²) in [6.07, 6.45) is 0. The van der Waals surface area contributed by atoms with Gasteiger partial charge >= 0.3 is 0 Å². The Morgan fingerprint density at radius 3 is 2.27 bits per heavy atom. The lowest BCUT2D eigenvalue weighted by Gasteiger charge is -2.14. The van der Waals surface area contributed by atoms with Gasteiger partial charge in [0.1, 0.15) is 17.4 Å². The molecular formula is C22H19FN4O3. The van der Waals surface area contributed by atoms with Gasteiger partial charge in [-0.05, 0) is 48.5 Å². The van der Waals surface area contributed by atoms with Crippen molar-refractivity contribution in [3.63, 3.8) is 0 Å². The van der Waals surface area contributed by atoms with Crippen molar-refractivity contribution in [3.05, 3.63) is 88.7 Å². The molecule has 0 bridgehead atoms. The second kappa shape index (κ2) is 8.44. The van der Waals surface area contributed by atoms with E-state index in [0.717, 1.165) is 6.07 Å². The predicted octanol–water partition coefficient (Wildman–Crippen LogP) is 3.18. The second-order valence-corrected chi connectivity index (χ2v) is 6.39. The Morgan fingerprint density at radius 2 is 1.67 bits per heavy atom. The van der Waals surface area contributed by atoms with Crippen molar-refractivity contribution in [2.45, 2.75) is 0 Å². The number of ether oxygens (including phenoxy) is 1. The summed E-state index contributed by atoms with van der Waals surface area (Å²) in [6.45, 7) is 0. The van der Waals surface area contributed by atoms with E-state index in [4.69, 9.17) is 21.6 Å². The molecule has 0 spiro atoms. The molecular weight excluding hydrogens is 387 g/mol. The Labute approximate surface area is 172 Å². The molecule has 0 aliphatic heterocycles. The van der Waals surface area contributed by atoms with Gasteiger partial charge in [-0.3, -0.25) is 15.0 Å². The molecule has 0 unspecified atom stereocenters. The SMILES string of the molecule is COc1ccc(C(=O)Nc2c(N)cccc2C(=O)c2ccc(C(=N)N)cc2F)cc1. The summed E-state index contributed by atoms with van der Waals surface area (Å²) in [5.74, 6) is -1.71. The molecule has 3 rings (SSSR count). The van der Waals surface area contributed by atoms with E-state index < -0.39 is 17.5 Å². The number of rotatable bonds is 6. The number of nitrogens with one attached hydrogen (secondary N) is 2. The fraction of sp³-hybridized carbons (Fsp3) is 0.0455. The van der Waals surface area contributed by atoms with Crippen LogP contribution in [0, 0.1) is 11.2 Å². The van der Waals surface area contributed by atoms with E-state index in [2.05, 4.69) is 5.32 Å². The lowest BCUT2D eigenvalue weighted by atomic mass is 9.98. The number of anilines is 2. The predicted molar refractivity (Wildman–Crippen MR) is 113 cm³/mol. The lowest BCUT2D eigenvalue weighted by Crippen LogP contribution is -2.17. The standard InChI is InChI=1S/C22H19FN4O3/c1-30-14-8-5-12(6-9-14)22(29)27-19-16(3-2-4-18(19)24)20(28)15-10-7-13(21(25)26)11-17(15)23/h2-11H,24H2,1H3,(H3,25,26)(H,27,29). The summed E-state index contributed by atoms with van der Waals surface area (Å²) in [5, 5.41) is 10.0. The molecule has 0 aliphatic carbocycles. The number of benzene rings is 3. The molecule has 0 saturated heterocycles. The van der Waals surface area contributed by atoms with Crippen LogP contribution < -0.4 is 21.5 Å². The van der Waals surface area contributed by atoms with Crippen LogP contribution in [0.3, 0.4) is 0 Å². The number of amidine groups is 1. The summed E-state index contributed by atoms with van der Waals surface area (Å²) >= 11 is 0. The van der Waals surface area contributed by atoms with Gasteiger partial charge in [0, 0.05) is 16.7 Å². The number of nitrogens with two attached hydrogens (primary N) is 2. The quantitative estimate of drug-likeness (QED) is 0.216. The van der Waals surface area contributed by atoms with Crippen LogP contribution in [0.25, 0.3) is 0 Å². The van der Waals surface area contributed by atoms with Crippen LogP contribution in [0.5, 0.6) is 5.75 Å². The van der Waals surface area contributed by atoms with Gasteiger partial charge in [-0.15, -0.1) is 0 Å². The third kappa shape index (κ3) is 4.12. The van der Waals surface area contributed by atoms with Crippen LogP contribution in [0.2, 0.25) is 0 Å². The smallest absolute Gasteiger partial charge is 0.255 e. The number of para-hydroxylation sites is 1. The minimum Gasteiger partial charge on any atom is -0.497 e. The highest BCUT2D eigenvalue weighted by atomic mass is 19.1. The van der Waals surface area contributed by atoms with Crippen LogP contribution in [0.4, 0.5) is 15.8 Å². The van der Waals surface area contributed by atoms with E-state index in [1.165, 1.54) is 37.4 Å². The van der Waals surface area contributed by atoms with Gasteiger partial charge in [-0.2, -0.15) is 0 Å². The minimum atomic E-state index is -0.831. The highest BCUT2D eigenvalue weighted by molar-refractivity contribution is 6.17. The summed E-state index contributed by atoms with van der Waals surface area (Å²) in [4.78, 5) is 25.6. The normalized spacial score (nSPS) is 10.3. The number of carbonyl (C=O) groups excluding carboxylic acids is 2.